The van der Waals surface area contributed by atoms with Crippen molar-refractivity contribution < 1.29 is 0 Å². The molecule has 1 N–H and O–H groups in total. The van der Waals surface area contributed by atoms with Gasteiger partial charge in [-0.2, -0.15) is 0 Å². The van der Waals surface area contributed by atoms with Crippen LogP contribution in [0.25, 0.3) is 6.08 Å². The Morgan fingerprint density at radius 3 is 3.17 bits per heavy atom. The normalized spacial score (nSPS) is 15.3. The van der Waals surface area contributed by atoms with Crippen molar-refractivity contribution in [1.29, 1.82) is 0 Å². The van der Waals surface area contributed by atoms with E-state index in [0.717, 1.165) is 19.5 Å². The zero-order chi connectivity index (χ0) is 8.39. The Kier molecular flexibility index (Phi) is 1.96. The first-order chi connectivity index (χ1) is 5.92. The fourth-order valence-electron chi connectivity index (χ4n) is 1.75. The van der Waals surface area contributed by atoms with Crippen molar-refractivity contribution in [3.05, 3.63) is 41.5 Å². The Labute approximate surface area is 73.1 Å². The number of rotatable bonds is 1. The zero-order valence-electron chi connectivity index (χ0n) is 7.14. The monoisotopic (exact) mass is 159 g/mol. The number of nitrogens with one attached hydrogen (secondary N) is 1. The fourth-order valence-corrected chi connectivity index (χ4v) is 1.75. The Bertz CT molecular complexity index is 302. The molecule has 1 heterocycles. The van der Waals surface area contributed by atoms with E-state index in [1.807, 2.05) is 6.08 Å². The molecule has 1 aliphatic rings. The van der Waals surface area contributed by atoms with Crippen LogP contribution < -0.4 is 5.32 Å². The van der Waals surface area contributed by atoms with Crippen molar-refractivity contribution >= 4 is 6.08 Å². The van der Waals surface area contributed by atoms with E-state index in [1.165, 1.54) is 16.7 Å². The lowest BCUT2D eigenvalue weighted by molar-refractivity contribution is 0.643. The van der Waals surface area contributed by atoms with E-state index in [9.17, 15) is 0 Å². The summed E-state index contributed by atoms with van der Waals surface area (Å²) in [7, 11) is 0. The SMILES string of the molecule is C=Cc1cccc2c1CCNC2. The maximum absolute atomic E-state index is 3.82. The first kappa shape index (κ1) is 7.56. The van der Waals surface area contributed by atoms with Crippen LogP contribution in [0.2, 0.25) is 0 Å². The Hall–Kier alpha value is -1.08. The molecule has 62 valence electrons. The summed E-state index contributed by atoms with van der Waals surface area (Å²) in [6.07, 6.45) is 3.08. The largest absolute Gasteiger partial charge is 0.312 e. The molecule has 1 nitrogen and oxygen atoms in total. The highest BCUT2D eigenvalue weighted by Crippen LogP contribution is 2.18. The molecule has 0 aromatic heterocycles. The van der Waals surface area contributed by atoms with Gasteiger partial charge >= 0.3 is 0 Å². The summed E-state index contributed by atoms with van der Waals surface area (Å²) >= 11 is 0. The lowest BCUT2D eigenvalue weighted by Gasteiger charge is -2.18. The molecule has 0 saturated heterocycles. The van der Waals surface area contributed by atoms with Crippen LogP contribution in [0.1, 0.15) is 16.7 Å². The van der Waals surface area contributed by atoms with Crippen LogP contribution in [0.15, 0.2) is 24.8 Å². The fraction of sp³-hybridized carbons (Fsp3) is 0.273. The van der Waals surface area contributed by atoms with Gasteiger partial charge < -0.3 is 5.32 Å². The quantitative estimate of drug-likeness (QED) is 0.660. The third kappa shape index (κ3) is 1.16. The summed E-state index contributed by atoms with van der Waals surface area (Å²) in [5, 5.41) is 3.36. The van der Waals surface area contributed by atoms with Crippen molar-refractivity contribution in [2.24, 2.45) is 0 Å². The van der Waals surface area contributed by atoms with Gasteiger partial charge in [-0.1, -0.05) is 30.9 Å². The molecule has 1 aliphatic heterocycles. The van der Waals surface area contributed by atoms with Gasteiger partial charge in [0.1, 0.15) is 0 Å². The molecule has 0 bridgehead atoms. The molecule has 1 aromatic rings. The Morgan fingerprint density at radius 1 is 1.42 bits per heavy atom. The van der Waals surface area contributed by atoms with Crippen molar-refractivity contribution in [3.63, 3.8) is 0 Å². The van der Waals surface area contributed by atoms with Crippen molar-refractivity contribution in [2.45, 2.75) is 13.0 Å². The first-order valence-corrected chi connectivity index (χ1v) is 4.36. The highest BCUT2D eigenvalue weighted by atomic mass is 14.9. The second-order valence-electron chi connectivity index (χ2n) is 3.12. The molecule has 0 atom stereocenters. The van der Waals surface area contributed by atoms with Crippen LogP contribution in [0.3, 0.4) is 0 Å². The van der Waals surface area contributed by atoms with Crippen LogP contribution >= 0.6 is 0 Å². The number of benzene rings is 1. The minimum Gasteiger partial charge on any atom is -0.312 e. The molecule has 1 aromatic carbocycles. The molecule has 0 amide bonds. The lowest BCUT2D eigenvalue weighted by Crippen LogP contribution is -2.24. The van der Waals surface area contributed by atoms with Crippen LogP contribution in [-0.4, -0.2) is 6.54 Å². The maximum Gasteiger partial charge on any atom is 0.0208 e. The summed E-state index contributed by atoms with van der Waals surface area (Å²) in [6.45, 7) is 5.92. The lowest BCUT2D eigenvalue weighted by atomic mass is 9.96. The molecule has 12 heavy (non-hydrogen) atoms. The average molecular weight is 159 g/mol. The summed E-state index contributed by atoms with van der Waals surface area (Å²) in [6, 6.07) is 6.43. The van der Waals surface area contributed by atoms with Gasteiger partial charge in [-0.05, 0) is 29.7 Å². The van der Waals surface area contributed by atoms with Gasteiger partial charge in [0.2, 0.25) is 0 Å². The maximum atomic E-state index is 3.82. The molecule has 0 saturated carbocycles. The van der Waals surface area contributed by atoms with E-state index in [1.54, 1.807) is 0 Å². The summed E-state index contributed by atoms with van der Waals surface area (Å²) < 4.78 is 0. The van der Waals surface area contributed by atoms with Gasteiger partial charge in [0.25, 0.3) is 0 Å². The van der Waals surface area contributed by atoms with E-state index < -0.39 is 0 Å². The van der Waals surface area contributed by atoms with Gasteiger partial charge in [-0.25, -0.2) is 0 Å². The summed E-state index contributed by atoms with van der Waals surface area (Å²) in [5.41, 5.74) is 4.21. The van der Waals surface area contributed by atoms with Gasteiger partial charge in [-0.3, -0.25) is 0 Å². The van der Waals surface area contributed by atoms with Crippen LogP contribution in [0.5, 0.6) is 0 Å². The summed E-state index contributed by atoms with van der Waals surface area (Å²) in [5.74, 6) is 0. The third-order valence-corrected chi connectivity index (χ3v) is 2.40. The number of hydrogen-bond donors (Lipinski definition) is 1. The number of fused-ring (bicyclic) bond motifs is 1. The van der Waals surface area contributed by atoms with Crippen molar-refractivity contribution in [3.8, 4) is 0 Å². The molecule has 0 aliphatic carbocycles. The minimum atomic E-state index is 1.01. The van der Waals surface area contributed by atoms with Crippen molar-refractivity contribution in [1.82, 2.24) is 5.32 Å². The molecule has 2 rings (SSSR count). The predicted molar refractivity (Wildman–Crippen MR) is 51.9 cm³/mol. The van der Waals surface area contributed by atoms with Gasteiger partial charge in [0.15, 0.2) is 0 Å². The molecule has 0 unspecified atom stereocenters. The second-order valence-corrected chi connectivity index (χ2v) is 3.12. The van der Waals surface area contributed by atoms with E-state index >= 15 is 0 Å². The third-order valence-electron chi connectivity index (χ3n) is 2.40. The Morgan fingerprint density at radius 2 is 2.33 bits per heavy atom. The first-order valence-electron chi connectivity index (χ1n) is 4.36. The van der Waals surface area contributed by atoms with E-state index in [4.69, 9.17) is 0 Å². The van der Waals surface area contributed by atoms with Crippen LogP contribution in [-0.2, 0) is 13.0 Å². The zero-order valence-corrected chi connectivity index (χ0v) is 7.14. The molecule has 0 spiro atoms. The van der Waals surface area contributed by atoms with E-state index in [-0.39, 0.29) is 0 Å². The topological polar surface area (TPSA) is 12.0 Å². The van der Waals surface area contributed by atoms with Gasteiger partial charge in [0.05, 0.1) is 0 Å². The predicted octanol–water partition coefficient (Wildman–Crippen LogP) is 1.98. The van der Waals surface area contributed by atoms with Crippen molar-refractivity contribution in [2.75, 3.05) is 6.54 Å². The molecular formula is C11H13N. The van der Waals surface area contributed by atoms with Crippen LogP contribution in [0.4, 0.5) is 0 Å². The Balaban J connectivity index is 2.51. The smallest absolute Gasteiger partial charge is 0.0208 e. The van der Waals surface area contributed by atoms with Gasteiger partial charge in [-0.15, -0.1) is 0 Å². The molecule has 1 heteroatoms. The van der Waals surface area contributed by atoms with E-state index in [2.05, 4.69) is 30.1 Å². The summed E-state index contributed by atoms with van der Waals surface area (Å²) in [4.78, 5) is 0. The highest BCUT2D eigenvalue weighted by Gasteiger charge is 2.09. The average Bonchev–Trinajstić information content (AvgIpc) is 2.17. The number of hydrogen-bond acceptors (Lipinski definition) is 1. The standard InChI is InChI=1S/C11H13N/c1-2-9-4-3-5-10-8-12-7-6-11(9)10/h2-5,12H,1,6-8H2. The molecule has 0 radical (unpaired) electrons. The van der Waals surface area contributed by atoms with Crippen LogP contribution in [0, 0.1) is 0 Å². The highest BCUT2D eigenvalue weighted by molar-refractivity contribution is 5.54. The molecular weight excluding hydrogens is 146 g/mol. The second kappa shape index (κ2) is 3.11. The van der Waals surface area contributed by atoms with Gasteiger partial charge in [0, 0.05) is 6.54 Å². The molecule has 0 fully saturated rings. The van der Waals surface area contributed by atoms with E-state index in [0.29, 0.717) is 0 Å². The minimum absolute atomic E-state index is 1.01.